The number of carbonyl (C=O) groups is 3. The Balaban J connectivity index is 0.860. The van der Waals surface area contributed by atoms with Crippen LogP contribution in [0.2, 0.25) is 0 Å². The van der Waals surface area contributed by atoms with Gasteiger partial charge in [-0.05, 0) is 95.5 Å². The van der Waals surface area contributed by atoms with Crippen molar-refractivity contribution < 1.29 is 75.8 Å². The maximum absolute atomic E-state index is 14.7. The summed E-state index contributed by atoms with van der Waals surface area (Å²) in [6, 6.07) is 16.5. The fraction of sp³-hybridized carbons (Fsp3) is 0.500. The number of nitrogens with two attached hydrogens (primary N) is 1. The molecule has 1 fully saturated rings. The van der Waals surface area contributed by atoms with Crippen LogP contribution in [-0.2, 0) is 36.8 Å². The zero-order chi connectivity index (χ0) is 61.0. The van der Waals surface area contributed by atoms with Gasteiger partial charge in [-0.25, -0.2) is 38.0 Å². The summed E-state index contributed by atoms with van der Waals surface area (Å²) in [6.45, 7) is 18.6. The van der Waals surface area contributed by atoms with Gasteiger partial charge in [-0.15, -0.1) is 4.86 Å². The second-order valence-corrected chi connectivity index (χ2v) is 27.6. The number of aromatic nitrogens is 4. The first-order chi connectivity index (χ1) is 39.4. The Morgan fingerprint density at radius 2 is 1.63 bits per heavy atom. The molecule has 0 aliphatic carbocycles. The molecule has 4 aliphatic rings. The number of aliphatic hydroxyl groups excluding tert-OH is 1. The van der Waals surface area contributed by atoms with E-state index in [0.717, 1.165) is 81.6 Å². The molecule has 4 unspecified atom stereocenters. The molecule has 0 radical (unpaired) electrons. The normalized spacial score (nSPS) is 22.8. The van der Waals surface area contributed by atoms with Gasteiger partial charge in [0, 0.05) is 90.8 Å². The van der Waals surface area contributed by atoms with Crippen molar-refractivity contribution in [1.82, 2.24) is 44.5 Å². The molecule has 3 amide bonds. The molecule has 0 bridgehead atoms. The fourth-order valence-corrected chi connectivity index (χ4v) is 15.9. The molecule has 9 rings (SSSR count). The topological polar surface area (TPSA) is 365 Å². The number of nitrogen functional groups attached to an aromatic ring is 1. The minimum atomic E-state index is -5.65. The van der Waals surface area contributed by atoms with Crippen molar-refractivity contribution >= 4 is 69.5 Å². The summed E-state index contributed by atoms with van der Waals surface area (Å²) in [5, 5.41) is 18.6. The van der Waals surface area contributed by atoms with E-state index in [1.54, 1.807) is 11.9 Å². The molecule has 0 saturated carbocycles. The van der Waals surface area contributed by atoms with Crippen LogP contribution in [-0.4, -0.2) is 143 Å². The second-order valence-electron chi connectivity index (χ2n) is 22.8. The lowest BCUT2D eigenvalue weighted by molar-refractivity contribution is -0.121. The van der Waals surface area contributed by atoms with Crippen LogP contribution in [0.25, 0.3) is 16.7 Å². The van der Waals surface area contributed by atoms with Gasteiger partial charge in [-0.2, -0.15) is 4.31 Å². The van der Waals surface area contributed by atoms with Crippen LogP contribution in [0.3, 0.4) is 0 Å². The molecule has 3 aromatic carbocycles. The number of nitrogens with one attached hydrogen (secondary N) is 3. The van der Waals surface area contributed by atoms with E-state index in [0.29, 0.717) is 12.0 Å². The minimum Gasteiger partial charge on any atom is -0.456 e. The van der Waals surface area contributed by atoms with Gasteiger partial charge < -0.3 is 65.1 Å². The van der Waals surface area contributed by atoms with Gasteiger partial charge in [-0.1, -0.05) is 32.0 Å². The molecule has 30 heteroatoms. The first-order valence-electron chi connectivity index (χ1n) is 27.6. The van der Waals surface area contributed by atoms with Crippen LogP contribution in [0.1, 0.15) is 132 Å². The van der Waals surface area contributed by atoms with Crippen LogP contribution in [0, 0.1) is 0 Å². The third kappa shape index (κ3) is 13.0. The van der Waals surface area contributed by atoms with Crippen LogP contribution in [0.5, 0.6) is 11.5 Å². The molecule has 6 heterocycles. The predicted octanol–water partition coefficient (Wildman–Crippen LogP) is 4.61. The number of alkyl carbamates (subject to hydrolysis) is 1. The van der Waals surface area contributed by atoms with Crippen LogP contribution >= 0.6 is 23.3 Å². The monoisotopic (exact) mass is 1220 g/mol. The average Bonchev–Trinajstić information content (AvgIpc) is 1.04. The number of phosphoric acid groups is 1. The van der Waals surface area contributed by atoms with E-state index in [4.69, 9.17) is 34.3 Å². The molecule has 454 valence electrons. The van der Waals surface area contributed by atoms with E-state index >= 15 is 0 Å². The molecule has 8 atom stereocenters. The molecule has 0 spiro atoms. The number of nitrogens with zero attached hydrogens (tertiary/aromatic N) is 7. The largest absolute Gasteiger partial charge is 0.480 e. The number of carbonyl (C=O) groups excluding carboxylic acids is 3. The highest BCUT2D eigenvalue weighted by molar-refractivity contribution is 7.70. The standard InChI is InChI=1S/C54H72N11O16P3/c1-10-64-38-23-40-36(21-34(38)30(3)25-53(64,5)6)44(37-22-35-31(4)26-54(7,8)65(11-2)39(35)24-41(37)78-40)32-15-12-13-16-33(32)50(68)62(9)20-14-17-43(66)56-18-19-57-52(69)80-47-42(27-77-84(75,76)81-83(73,74)61-82(70,71)72)79-51(46(47)67)63-29-60-45-48(55)58-28-59-49(45)63/h12-13,15-16,21-24,28-31,42,46-47,51,67H,10-11,14,17-20,25-27H2,1-9H3,(H8-,55,56,57,58,59,61,66,69,70,71,72,73,74,75,76)/p+1/t30?,31?,42-,46-,47-,51-/m1/s1. The van der Waals surface area contributed by atoms with E-state index in [9.17, 15) is 43.0 Å². The smallest absolute Gasteiger partial charge is 0.456 e. The van der Waals surface area contributed by atoms with Gasteiger partial charge in [0.2, 0.25) is 11.3 Å². The summed E-state index contributed by atoms with van der Waals surface area (Å²) in [5.74, 6) is 1.33. The molecule has 5 aromatic rings. The van der Waals surface area contributed by atoms with Gasteiger partial charge >= 0.3 is 29.4 Å². The summed E-state index contributed by atoms with van der Waals surface area (Å²) in [5.41, 5.74) is 12.6. The third-order valence-electron chi connectivity index (χ3n) is 15.8. The number of rotatable bonds is 20. The maximum Gasteiger partial charge on any atom is 0.480 e. The summed E-state index contributed by atoms with van der Waals surface area (Å²) in [7, 11) is -15.0. The molecule has 84 heavy (non-hydrogen) atoms. The Morgan fingerprint density at radius 1 is 0.917 bits per heavy atom. The van der Waals surface area contributed by atoms with Crippen LogP contribution < -0.4 is 46.0 Å². The van der Waals surface area contributed by atoms with E-state index in [1.165, 1.54) is 22.0 Å². The summed E-state index contributed by atoms with van der Waals surface area (Å²) >= 11 is 0. The highest BCUT2D eigenvalue weighted by Gasteiger charge is 2.50. The SMILES string of the molecule is CCN1c2cc3c(cc2C(C)CC1(C)C)C(c1ccccc1C(=O)N(C)CCCC(=O)NCCNC(=O)O[C@H]1[C@@H](O)[C@H](n2cnc4c(N)ncnc42)O[C@@H]1COP(=O)(O)OP(=O)(O)NP(=O)(O)O)=c1cc2c(cc1O3)=[N+](CC)C(C)(C)CC2C. The van der Waals surface area contributed by atoms with Gasteiger partial charge in [0.25, 0.3) is 5.91 Å². The number of imidazole rings is 1. The number of hydrogen-bond donors (Lipinski definition) is 9. The Bertz CT molecular complexity index is 3690. The first kappa shape index (κ1) is 62.4. The Labute approximate surface area is 484 Å². The highest BCUT2D eigenvalue weighted by atomic mass is 31.3. The first-order valence-corrected chi connectivity index (χ1v) is 32.3. The van der Waals surface area contributed by atoms with Crippen molar-refractivity contribution in [3.8, 4) is 11.5 Å². The van der Waals surface area contributed by atoms with Gasteiger partial charge in [0.1, 0.15) is 42.1 Å². The quantitative estimate of drug-likeness (QED) is 0.0286. The Kier molecular flexibility index (Phi) is 17.8. The molecule has 27 nitrogen and oxygen atoms in total. The van der Waals surface area contributed by atoms with Crippen molar-refractivity contribution in [3.05, 3.63) is 99.6 Å². The van der Waals surface area contributed by atoms with E-state index in [1.807, 2.05) is 24.3 Å². The lowest BCUT2D eigenvalue weighted by Gasteiger charge is -2.47. The molecular weight excluding hydrogens is 1150 g/mol. The van der Waals surface area contributed by atoms with Crippen molar-refractivity contribution in [1.29, 1.82) is 0 Å². The number of aliphatic hydroxyl groups is 1. The number of anilines is 2. The zero-order valence-electron chi connectivity index (χ0n) is 48.1. The summed E-state index contributed by atoms with van der Waals surface area (Å²) in [4.78, 5) is 95.9. The van der Waals surface area contributed by atoms with Gasteiger partial charge in [0.05, 0.1) is 19.0 Å². The predicted molar refractivity (Wildman–Crippen MR) is 308 cm³/mol. The second kappa shape index (κ2) is 23.9. The molecule has 1 saturated heterocycles. The fourth-order valence-electron chi connectivity index (χ4n) is 12.4. The summed E-state index contributed by atoms with van der Waals surface area (Å²) < 4.78 is 66.8. The summed E-state index contributed by atoms with van der Waals surface area (Å²) in [6.07, 6.45) is -3.17. The van der Waals surface area contributed by atoms with Gasteiger partial charge in [0.15, 0.2) is 29.3 Å². The van der Waals surface area contributed by atoms with Crippen molar-refractivity contribution in [3.63, 3.8) is 0 Å². The van der Waals surface area contributed by atoms with Crippen molar-refractivity contribution in [2.45, 2.75) is 129 Å². The highest BCUT2D eigenvalue weighted by Crippen LogP contribution is 2.61. The average molecular weight is 1230 g/mol. The van der Waals surface area contributed by atoms with E-state index < -0.39 is 60.6 Å². The van der Waals surface area contributed by atoms with Crippen LogP contribution in [0.4, 0.5) is 16.3 Å². The van der Waals surface area contributed by atoms with Crippen molar-refractivity contribution in [2.75, 3.05) is 57.0 Å². The Hall–Kier alpha value is -6.18. The minimum absolute atomic E-state index is 0.0227. The molecule has 4 aliphatic heterocycles. The molecule has 2 aromatic heterocycles. The zero-order valence-corrected chi connectivity index (χ0v) is 50.8. The number of amides is 3. The number of phosphoric ester groups is 1. The number of hydrogen-bond acceptors (Lipinski definition) is 17. The Morgan fingerprint density at radius 3 is 2.35 bits per heavy atom. The van der Waals surface area contributed by atoms with E-state index in [-0.39, 0.29) is 77.8 Å². The molecular formula is C54H73N11O16P3+. The third-order valence-corrected chi connectivity index (χ3v) is 20.1. The number of ether oxygens (including phenoxy) is 3. The lowest BCUT2D eigenvalue weighted by atomic mass is 9.77. The van der Waals surface area contributed by atoms with E-state index in [2.05, 4.69) is 119 Å². The maximum atomic E-state index is 14.7. The van der Waals surface area contributed by atoms with Gasteiger partial charge in [-0.3, -0.25) is 18.7 Å². The number of benzene rings is 3. The van der Waals surface area contributed by atoms with Crippen LogP contribution in [0.15, 0.2) is 61.2 Å². The lowest BCUT2D eigenvalue weighted by Crippen LogP contribution is -2.52. The molecule has 10 N–H and O–H groups in total. The van der Waals surface area contributed by atoms with Crippen molar-refractivity contribution in [2.24, 2.45) is 0 Å². The number of fused-ring (bicyclic) bond motifs is 5.